The van der Waals surface area contributed by atoms with Crippen molar-refractivity contribution in [3.8, 4) is 11.4 Å². The van der Waals surface area contributed by atoms with Gasteiger partial charge in [0.2, 0.25) is 0 Å². The lowest BCUT2D eigenvalue weighted by Gasteiger charge is -2.31. The van der Waals surface area contributed by atoms with E-state index in [1.54, 1.807) is 34.9 Å². The highest BCUT2D eigenvalue weighted by Crippen LogP contribution is 2.24. The largest absolute Gasteiger partial charge is 0.478 e. The summed E-state index contributed by atoms with van der Waals surface area (Å²) in [6.07, 6.45) is 7.98. The van der Waals surface area contributed by atoms with Gasteiger partial charge in [0.1, 0.15) is 5.69 Å². The van der Waals surface area contributed by atoms with E-state index in [1.165, 1.54) is 12.3 Å². The van der Waals surface area contributed by atoms with Gasteiger partial charge < -0.3 is 10.0 Å². The number of pyridine rings is 1. The maximum atomic E-state index is 12.5. The smallest absolute Gasteiger partial charge is 0.337 e. The molecule has 0 saturated carbocycles. The number of hydrogen-bond donors (Lipinski definition) is 1. The lowest BCUT2D eigenvalue weighted by Crippen LogP contribution is -2.39. The van der Waals surface area contributed by atoms with E-state index in [2.05, 4.69) is 20.4 Å². The molecule has 0 aliphatic carbocycles. The number of carboxylic acid groups (broad SMARTS) is 1. The molecule has 3 aromatic heterocycles. The topological polar surface area (TPSA) is 119 Å². The number of carbonyl (C=O) groups is 2. The van der Waals surface area contributed by atoms with Crippen molar-refractivity contribution in [3.63, 3.8) is 0 Å². The Morgan fingerprint density at radius 1 is 1.07 bits per heavy atom. The van der Waals surface area contributed by atoms with E-state index in [9.17, 15) is 9.59 Å². The van der Waals surface area contributed by atoms with Gasteiger partial charge in [0, 0.05) is 32.5 Å². The Morgan fingerprint density at radius 2 is 1.86 bits per heavy atom. The van der Waals surface area contributed by atoms with Gasteiger partial charge >= 0.3 is 5.97 Å². The normalized spacial score (nSPS) is 15.0. The van der Waals surface area contributed by atoms with Crippen LogP contribution in [0.2, 0.25) is 0 Å². The first kappa shape index (κ1) is 17.8. The fourth-order valence-electron chi connectivity index (χ4n) is 3.29. The molecule has 0 atom stereocenters. The third-order valence-electron chi connectivity index (χ3n) is 4.86. The van der Waals surface area contributed by atoms with Crippen LogP contribution in [0.3, 0.4) is 0 Å². The number of aryl methyl sites for hydroxylation is 1. The third-order valence-corrected chi connectivity index (χ3v) is 4.86. The Labute approximate surface area is 160 Å². The predicted octanol–water partition coefficient (Wildman–Crippen LogP) is 1.25. The Balaban J connectivity index is 1.40. The van der Waals surface area contributed by atoms with E-state index in [-0.39, 0.29) is 17.5 Å². The molecule has 1 saturated heterocycles. The highest BCUT2D eigenvalue weighted by Gasteiger charge is 2.26. The molecular weight excluding hydrogens is 362 g/mol. The monoisotopic (exact) mass is 381 g/mol. The van der Waals surface area contributed by atoms with Gasteiger partial charge in [-0.2, -0.15) is 5.10 Å². The molecule has 0 aromatic carbocycles. The molecule has 1 fully saturated rings. The zero-order chi connectivity index (χ0) is 19.7. The first-order valence-electron chi connectivity index (χ1n) is 8.91. The van der Waals surface area contributed by atoms with Crippen LogP contribution < -0.4 is 0 Å². The number of carbonyl (C=O) groups excluding carboxylic acids is 1. The summed E-state index contributed by atoms with van der Waals surface area (Å²) >= 11 is 0. The molecule has 0 unspecified atom stereocenters. The van der Waals surface area contributed by atoms with Crippen molar-refractivity contribution >= 4 is 11.9 Å². The van der Waals surface area contributed by atoms with Gasteiger partial charge in [-0.3, -0.25) is 14.5 Å². The molecule has 0 radical (unpaired) electrons. The van der Waals surface area contributed by atoms with Crippen molar-refractivity contribution in [2.24, 2.45) is 7.05 Å². The number of nitrogens with zero attached hydrogens (tertiary/aromatic N) is 7. The Kier molecular flexibility index (Phi) is 4.60. The number of rotatable bonds is 4. The van der Waals surface area contributed by atoms with Crippen LogP contribution in [0.15, 0.2) is 36.9 Å². The SMILES string of the molecule is Cn1cc(C(=O)N2CCC(n3cc(-c4ccc(C(=O)O)cn4)nn3)CC2)cn1. The predicted molar refractivity (Wildman–Crippen MR) is 97.6 cm³/mol. The second kappa shape index (κ2) is 7.22. The van der Waals surface area contributed by atoms with Gasteiger partial charge in [-0.25, -0.2) is 9.48 Å². The summed E-state index contributed by atoms with van der Waals surface area (Å²) in [5, 5.41) is 21.4. The van der Waals surface area contributed by atoms with Crippen LogP contribution in [-0.4, -0.2) is 64.7 Å². The number of likely N-dealkylation sites (tertiary alicyclic amines) is 1. The molecule has 10 nitrogen and oxygen atoms in total. The molecule has 28 heavy (non-hydrogen) atoms. The second-order valence-corrected chi connectivity index (χ2v) is 6.75. The number of piperidine rings is 1. The minimum atomic E-state index is -1.02. The fraction of sp³-hybridized carbons (Fsp3) is 0.333. The zero-order valence-corrected chi connectivity index (χ0v) is 15.3. The van der Waals surface area contributed by atoms with Crippen molar-refractivity contribution in [1.82, 2.24) is 34.7 Å². The molecule has 0 bridgehead atoms. The number of aromatic carboxylic acids is 1. The molecule has 1 aliphatic rings. The zero-order valence-electron chi connectivity index (χ0n) is 15.3. The van der Waals surface area contributed by atoms with Crippen LogP contribution >= 0.6 is 0 Å². The molecular formula is C18H19N7O3. The number of aromatic nitrogens is 6. The molecule has 1 N–H and O–H groups in total. The van der Waals surface area contributed by atoms with Gasteiger partial charge in [0.05, 0.1) is 35.3 Å². The maximum absolute atomic E-state index is 12.5. The van der Waals surface area contributed by atoms with Gasteiger partial charge in [0.15, 0.2) is 0 Å². The minimum absolute atomic E-state index is 0.00597. The number of carboxylic acids is 1. The Hall–Kier alpha value is -3.56. The highest BCUT2D eigenvalue weighted by atomic mass is 16.4. The van der Waals surface area contributed by atoms with E-state index >= 15 is 0 Å². The summed E-state index contributed by atoms with van der Waals surface area (Å²) in [5.41, 5.74) is 1.88. The van der Waals surface area contributed by atoms with E-state index in [1.807, 2.05) is 11.1 Å². The summed E-state index contributed by atoms with van der Waals surface area (Å²) in [7, 11) is 1.79. The molecule has 0 spiro atoms. The third kappa shape index (κ3) is 3.48. The quantitative estimate of drug-likeness (QED) is 0.722. The van der Waals surface area contributed by atoms with Crippen LogP contribution in [0.25, 0.3) is 11.4 Å². The molecule has 4 heterocycles. The van der Waals surface area contributed by atoms with E-state index in [0.717, 1.165) is 12.8 Å². The first-order valence-corrected chi connectivity index (χ1v) is 8.91. The summed E-state index contributed by atoms with van der Waals surface area (Å²) in [5.74, 6) is -1.02. The number of hydrogen-bond acceptors (Lipinski definition) is 6. The fourth-order valence-corrected chi connectivity index (χ4v) is 3.29. The minimum Gasteiger partial charge on any atom is -0.478 e. The highest BCUT2D eigenvalue weighted by molar-refractivity contribution is 5.93. The van der Waals surface area contributed by atoms with E-state index in [0.29, 0.717) is 30.0 Å². The van der Waals surface area contributed by atoms with Gasteiger partial charge in [-0.15, -0.1) is 5.10 Å². The summed E-state index contributed by atoms with van der Waals surface area (Å²) in [6, 6.07) is 3.26. The average molecular weight is 381 g/mol. The number of amides is 1. The Bertz CT molecular complexity index is 1000. The summed E-state index contributed by atoms with van der Waals surface area (Å²) in [6.45, 7) is 1.28. The maximum Gasteiger partial charge on any atom is 0.337 e. The molecule has 1 amide bonds. The van der Waals surface area contributed by atoms with Gasteiger partial charge in [-0.1, -0.05) is 5.21 Å². The van der Waals surface area contributed by atoms with Crippen LogP contribution in [0, 0.1) is 0 Å². The van der Waals surface area contributed by atoms with Gasteiger partial charge in [-0.05, 0) is 25.0 Å². The van der Waals surface area contributed by atoms with Crippen LogP contribution in [0.5, 0.6) is 0 Å². The van der Waals surface area contributed by atoms with Crippen LogP contribution in [0.4, 0.5) is 0 Å². The van der Waals surface area contributed by atoms with E-state index in [4.69, 9.17) is 5.11 Å². The average Bonchev–Trinajstić information content (AvgIpc) is 3.37. The van der Waals surface area contributed by atoms with Crippen molar-refractivity contribution < 1.29 is 14.7 Å². The molecule has 4 rings (SSSR count). The lowest BCUT2D eigenvalue weighted by atomic mass is 10.0. The second-order valence-electron chi connectivity index (χ2n) is 6.75. The summed E-state index contributed by atoms with van der Waals surface area (Å²) in [4.78, 5) is 29.4. The molecule has 3 aromatic rings. The lowest BCUT2D eigenvalue weighted by molar-refractivity contribution is 0.0683. The van der Waals surface area contributed by atoms with E-state index < -0.39 is 5.97 Å². The summed E-state index contributed by atoms with van der Waals surface area (Å²) < 4.78 is 3.42. The van der Waals surface area contributed by atoms with Crippen molar-refractivity contribution in [3.05, 3.63) is 48.0 Å². The Morgan fingerprint density at radius 3 is 2.46 bits per heavy atom. The molecule has 10 heteroatoms. The molecule has 144 valence electrons. The molecule has 1 aliphatic heterocycles. The van der Waals surface area contributed by atoms with Crippen molar-refractivity contribution in [1.29, 1.82) is 0 Å². The van der Waals surface area contributed by atoms with Crippen molar-refractivity contribution in [2.45, 2.75) is 18.9 Å². The van der Waals surface area contributed by atoms with Crippen molar-refractivity contribution in [2.75, 3.05) is 13.1 Å². The van der Waals surface area contributed by atoms with Gasteiger partial charge in [0.25, 0.3) is 5.91 Å². The first-order chi connectivity index (χ1) is 13.5. The van der Waals surface area contributed by atoms with Crippen LogP contribution in [0.1, 0.15) is 39.6 Å². The standard InChI is InChI=1S/C18H19N7O3/c1-23-10-13(9-20-23)17(26)24-6-4-14(5-7-24)25-11-16(21-22-25)15-3-2-12(8-19-15)18(27)28/h2-3,8-11,14H,4-7H2,1H3,(H,27,28). The van der Waals surface area contributed by atoms with Crippen LogP contribution in [-0.2, 0) is 7.05 Å².